The molecule has 0 N–H and O–H groups in total. The summed E-state index contributed by atoms with van der Waals surface area (Å²) in [5.74, 6) is 4.13. The molecule has 1 heterocycles. The van der Waals surface area contributed by atoms with Gasteiger partial charge in [0.25, 0.3) is 0 Å². The van der Waals surface area contributed by atoms with Crippen LogP contribution in [0, 0.1) is 0 Å². The predicted octanol–water partition coefficient (Wildman–Crippen LogP) is 6.35. The van der Waals surface area contributed by atoms with Crippen molar-refractivity contribution in [1.29, 1.82) is 0 Å². The highest BCUT2D eigenvalue weighted by molar-refractivity contribution is 7.98. The summed E-state index contributed by atoms with van der Waals surface area (Å²) in [6, 6.07) is 4.44. The fourth-order valence-corrected chi connectivity index (χ4v) is 3.91. The molecule has 1 aromatic rings. The molecule has 130 valence electrons. The Morgan fingerprint density at radius 1 is 0.739 bits per heavy atom. The largest absolute Gasteiger partial charge is 0.490 e. The van der Waals surface area contributed by atoms with Gasteiger partial charge in [0, 0.05) is 11.5 Å². The third-order valence-electron chi connectivity index (χ3n) is 4.29. The Bertz CT molecular complexity index is 418. The smallest absolute Gasteiger partial charge is 0.161 e. The van der Waals surface area contributed by atoms with Gasteiger partial charge in [-0.3, -0.25) is 0 Å². The third-order valence-corrected chi connectivity index (χ3v) is 5.32. The molecule has 1 aromatic carbocycles. The third kappa shape index (κ3) is 6.29. The van der Waals surface area contributed by atoms with Crippen LogP contribution in [-0.2, 0) is 11.5 Å². The van der Waals surface area contributed by atoms with Crippen LogP contribution >= 0.6 is 11.8 Å². The molecular weight excluding hydrogens is 304 g/mol. The molecule has 0 aromatic heterocycles. The molecule has 0 bridgehead atoms. The van der Waals surface area contributed by atoms with Crippen molar-refractivity contribution in [3.63, 3.8) is 0 Å². The van der Waals surface area contributed by atoms with E-state index in [2.05, 4.69) is 26.0 Å². The van der Waals surface area contributed by atoms with Crippen LogP contribution in [0.1, 0.15) is 76.3 Å². The van der Waals surface area contributed by atoms with E-state index in [1.165, 1.54) is 49.7 Å². The van der Waals surface area contributed by atoms with E-state index in [4.69, 9.17) is 9.47 Å². The van der Waals surface area contributed by atoms with Crippen molar-refractivity contribution in [2.45, 2.75) is 76.7 Å². The number of fused-ring (bicyclic) bond motifs is 1. The van der Waals surface area contributed by atoms with Gasteiger partial charge in [-0.2, -0.15) is 11.8 Å². The van der Waals surface area contributed by atoms with Gasteiger partial charge in [-0.05, 0) is 36.1 Å². The van der Waals surface area contributed by atoms with Crippen molar-refractivity contribution in [2.24, 2.45) is 0 Å². The first-order valence-electron chi connectivity index (χ1n) is 9.34. The van der Waals surface area contributed by atoms with Crippen molar-refractivity contribution in [3.05, 3.63) is 23.3 Å². The first-order valence-corrected chi connectivity index (χ1v) is 10.5. The second-order valence-corrected chi connectivity index (χ2v) is 7.36. The summed E-state index contributed by atoms with van der Waals surface area (Å²) in [5, 5.41) is 0. The predicted molar refractivity (Wildman–Crippen MR) is 101 cm³/mol. The molecule has 1 aliphatic rings. The highest BCUT2D eigenvalue weighted by Crippen LogP contribution is 2.38. The van der Waals surface area contributed by atoms with Gasteiger partial charge in [-0.15, -0.1) is 0 Å². The Labute approximate surface area is 146 Å². The molecule has 0 saturated heterocycles. The summed E-state index contributed by atoms with van der Waals surface area (Å²) in [6.45, 7) is 6.09. The molecule has 2 rings (SSSR count). The van der Waals surface area contributed by atoms with Gasteiger partial charge in [0.05, 0.1) is 13.2 Å². The number of hydrogen-bond donors (Lipinski definition) is 0. The van der Waals surface area contributed by atoms with Crippen molar-refractivity contribution in [3.8, 4) is 11.5 Å². The van der Waals surface area contributed by atoms with Crippen molar-refractivity contribution in [1.82, 2.24) is 0 Å². The molecule has 0 unspecified atom stereocenters. The second-order valence-electron chi connectivity index (χ2n) is 6.38. The first-order chi connectivity index (χ1) is 11.3. The van der Waals surface area contributed by atoms with Gasteiger partial charge in [-0.25, -0.2) is 0 Å². The molecule has 2 nitrogen and oxygen atoms in total. The van der Waals surface area contributed by atoms with E-state index in [1.807, 2.05) is 11.8 Å². The number of thioether (sulfide) groups is 1. The van der Waals surface area contributed by atoms with Crippen molar-refractivity contribution >= 4 is 11.8 Å². The molecule has 0 aliphatic carbocycles. The summed E-state index contributed by atoms with van der Waals surface area (Å²) >= 11 is 1.98. The van der Waals surface area contributed by atoms with Crippen LogP contribution in [0.3, 0.4) is 0 Å². The van der Waals surface area contributed by atoms with Gasteiger partial charge in [0.1, 0.15) is 0 Å². The monoisotopic (exact) mass is 336 g/mol. The molecular formula is C20H32O2S. The molecule has 0 radical (unpaired) electrons. The van der Waals surface area contributed by atoms with E-state index in [0.29, 0.717) is 0 Å². The van der Waals surface area contributed by atoms with Crippen LogP contribution in [0.5, 0.6) is 11.5 Å². The van der Waals surface area contributed by atoms with E-state index in [9.17, 15) is 0 Å². The lowest BCUT2D eigenvalue weighted by Crippen LogP contribution is -2.04. The van der Waals surface area contributed by atoms with Crippen LogP contribution in [0.2, 0.25) is 0 Å². The molecule has 0 fully saturated rings. The summed E-state index contributed by atoms with van der Waals surface area (Å²) in [7, 11) is 0. The van der Waals surface area contributed by atoms with Crippen LogP contribution in [0.25, 0.3) is 0 Å². The van der Waals surface area contributed by atoms with Crippen LogP contribution in [-0.4, -0.2) is 13.2 Å². The number of ether oxygens (including phenoxy) is 2. The van der Waals surface area contributed by atoms with Crippen molar-refractivity contribution in [2.75, 3.05) is 13.2 Å². The second kappa shape index (κ2) is 10.9. The zero-order chi connectivity index (χ0) is 16.3. The molecule has 0 saturated carbocycles. The maximum absolute atomic E-state index is 6.05. The van der Waals surface area contributed by atoms with Crippen LogP contribution in [0.15, 0.2) is 12.1 Å². The number of benzene rings is 1. The minimum atomic E-state index is 0.804. The summed E-state index contributed by atoms with van der Waals surface area (Å²) in [6.07, 6.45) is 9.90. The lowest BCUT2D eigenvalue weighted by molar-refractivity contribution is 0.258. The van der Waals surface area contributed by atoms with E-state index in [0.717, 1.165) is 49.1 Å². The number of rotatable bonds is 12. The Hall–Kier alpha value is -0.830. The minimum Gasteiger partial charge on any atom is -0.490 e. The molecule has 3 heteroatoms. The SMILES string of the molecule is CCCCCCOc1cc2c(cc1OCCCCCC)CSC2. The maximum atomic E-state index is 6.05. The zero-order valence-electron chi connectivity index (χ0n) is 14.9. The Balaban J connectivity index is 1.88. The Morgan fingerprint density at radius 3 is 1.65 bits per heavy atom. The number of unbranched alkanes of at least 4 members (excludes halogenated alkanes) is 6. The van der Waals surface area contributed by atoms with E-state index >= 15 is 0 Å². The molecule has 0 amide bonds. The molecule has 23 heavy (non-hydrogen) atoms. The fourth-order valence-electron chi connectivity index (χ4n) is 2.83. The molecule has 1 aliphatic heterocycles. The molecule has 0 spiro atoms. The summed E-state index contributed by atoms with van der Waals surface area (Å²) < 4.78 is 12.1. The van der Waals surface area contributed by atoms with Gasteiger partial charge in [0.15, 0.2) is 11.5 Å². The summed E-state index contributed by atoms with van der Waals surface area (Å²) in [4.78, 5) is 0. The first kappa shape index (κ1) is 18.5. The van der Waals surface area contributed by atoms with Gasteiger partial charge >= 0.3 is 0 Å². The fraction of sp³-hybridized carbons (Fsp3) is 0.700. The van der Waals surface area contributed by atoms with Crippen LogP contribution in [0.4, 0.5) is 0 Å². The zero-order valence-corrected chi connectivity index (χ0v) is 15.7. The highest BCUT2D eigenvalue weighted by Gasteiger charge is 2.16. The summed E-state index contributed by atoms with van der Waals surface area (Å²) in [5.41, 5.74) is 2.86. The molecule has 0 atom stereocenters. The lowest BCUT2D eigenvalue weighted by atomic mass is 10.1. The normalized spacial score (nSPS) is 13.1. The van der Waals surface area contributed by atoms with E-state index in [-0.39, 0.29) is 0 Å². The quantitative estimate of drug-likeness (QED) is 0.414. The van der Waals surface area contributed by atoms with Gasteiger partial charge in [0.2, 0.25) is 0 Å². The topological polar surface area (TPSA) is 18.5 Å². The van der Waals surface area contributed by atoms with E-state index < -0.39 is 0 Å². The Kier molecular flexibility index (Phi) is 8.73. The number of hydrogen-bond acceptors (Lipinski definition) is 3. The highest BCUT2D eigenvalue weighted by atomic mass is 32.2. The van der Waals surface area contributed by atoms with Gasteiger partial charge in [-0.1, -0.05) is 52.4 Å². The standard InChI is InChI=1S/C20H32O2S/c1-3-5-7-9-11-21-19-13-17-15-23-16-18(17)14-20(19)22-12-10-8-6-4-2/h13-14H,3-12,15-16H2,1-2H3. The minimum absolute atomic E-state index is 0.804. The lowest BCUT2D eigenvalue weighted by Gasteiger charge is -2.15. The van der Waals surface area contributed by atoms with Crippen LogP contribution < -0.4 is 9.47 Å². The van der Waals surface area contributed by atoms with E-state index in [1.54, 1.807) is 0 Å². The van der Waals surface area contributed by atoms with Gasteiger partial charge < -0.3 is 9.47 Å². The average molecular weight is 337 g/mol. The van der Waals surface area contributed by atoms with Crippen molar-refractivity contribution < 1.29 is 9.47 Å². The maximum Gasteiger partial charge on any atom is 0.161 e. The average Bonchev–Trinajstić information content (AvgIpc) is 3.01. The Morgan fingerprint density at radius 2 is 1.22 bits per heavy atom.